The van der Waals surface area contributed by atoms with E-state index >= 15 is 0 Å². The monoisotopic (exact) mass is 328 g/mol. The van der Waals surface area contributed by atoms with E-state index in [1.54, 1.807) is 0 Å². The summed E-state index contributed by atoms with van der Waals surface area (Å²) in [6.45, 7) is -0.236. The second kappa shape index (κ2) is 5.65. The molecule has 4 nitrogen and oxygen atoms in total. The fourth-order valence-corrected chi connectivity index (χ4v) is 1.81. The van der Waals surface area contributed by atoms with E-state index in [2.05, 4.69) is 4.98 Å². The van der Waals surface area contributed by atoms with E-state index in [0.717, 1.165) is 17.0 Å². The molecule has 0 bridgehead atoms. The molecule has 1 fully saturated rings. The Bertz CT molecular complexity index is 551. The summed E-state index contributed by atoms with van der Waals surface area (Å²) >= 11 is 0. The predicted molar refractivity (Wildman–Crippen MR) is 60.9 cm³/mol. The molecule has 122 valence electrons. The first-order valence-electron chi connectivity index (χ1n) is 6.10. The van der Waals surface area contributed by atoms with Crippen LogP contribution in [0.1, 0.15) is 12.1 Å². The molecule has 0 aliphatic carbocycles. The van der Waals surface area contributed by atoms with Gasteiger partial charge in [-0.3, -0.25) is 4.79 Å². The second-order valence-electron chi connectivity index (χ2n) is 4.69. The summed E-state index contributed by atoms with van der Waals surface area (Å²) in [5.41, 5.74) is -1.13. The third-order valence-electron chi connectivity index (χ3n) is 2.85. The zero-order valence-electron chi connectivity index (χ0n) is 10.9. The predicted octanol–water partition coefficient (Wildman–Crippen LogP) is 2.64. The average Bonchev–Trinajstić information content (AvgIpc) is 2.30. The molecule has 2 heterocycles. The minimum atomic E-state index is -4.62. The van der Waals surface area contributed by atoms with Gasteiger partial charge in [0.1, 0.15) is 18.2 Å². The zero-order chi connectivity index (χ0) is 16.5. The Kier molecular flexibility index (Phi) is 4.21. The number of carbonyl (C=O) groups excluding carboxylic acids is 1. The Balaban J connectivity index is 1.87. The highest BCUT2D eigenvalue weighted by atomic mass is 19.4. The highest BCUT2D eigenvalue weighted by Gasteiger charge is 2.39. The van der Waals surface area contributed by atoms with Crippen molar-refractivity contribution in [1.82, 2.24) is 9.88 Å². The van der Waals surface area contributed by atoms with Gasteiger partial charge in [-0.2, -0.15) is 26.3 Å². The number of hydrogen-bond acceptors (Lipinski definition) is 3. The molecule has 1 aliphatic rings. The molecule has 2 rings (SSSR count). The van der Waals surface area contributed by atoms with Gasteiger partial charge in [0.25, 0.3) is 0 Å². The Morgan fingerprint density at radius 2 is 1.86 bits per heavy atom. The van der Waals surface area contributed by atoms with Crippen LogP contribution in [0.15, 0.2) is 18.2 Å². The number of halogens is 6. The molecule has 0 saturated carbocycles. The van der Waals surface area contributed by atoms with Crippen molar-refractivity contribution in [3.63, 3.8) is 0 Å². The average molecular weight is 328 g/mol. The molecule has 0 atom stereocenters. The van der Waals surface area contributed by atoms with Crippen LogP contribution in [0.4, 0.5) is 26.3 Å². The standard InChI is InChI=1S/C12H10F6N2O2/c13-11(14,15)4-10(21)20-5-7(6-20)22-9-3-1-2-8(19-9)12(16,17)18/h1-3,7H,4-6H2. The van der Waals surface area contributed by atoms with Crippen LogP contribution in [0.25, 0.3) is 0 Å². The van der Waals surface area contributed by atoms with Crippen molar-refractivity contribution in [2.24, 2.45) is 0 Å². The Hall–Kier alpha value is -2.00. The summed E-state index contributed by atoms with van der Waals surface area (Å²) in [5, 5.41) is 0. The van der Waals surface area contributed by atoms with Gasteiger partial charge < -0.3 is 9.64 Å². The number of alkyl halides is 6. The molecule has 0 radical (unpaired) electrons. The van der Waals surface area contributed by atoms with Gasteiger partial charge in [-0.25, -0.2) is 4.98 Å². The van der Waals surface area contributed by atoms with Crippen molar-refractivity contribution < 1.29 is 35.9 Å². The summed E-state index contributed by atoms with van der Waals surface area (Å²) in [6, 6.07) is 3.08. The third kappa shape index (κ3) is 4.25. The van der Waals surface area contributed by atoms with E-state index in [1.165, 1.54) is 6.07 Å². The minimum absolute atomic E-state index is 0.118. The fraction of sp³-hybridized carbons (Fsp3) is 0.500. The smallest absolute Gasteiger partial charge is 0.433 e. The molecule has 1 aromatic rings. The lowest BCUT2D eigenvalue weighted by Gasteiger charge is -2.38. The van der Waals surface area contributed by atoms with Crippen molar-refractivity contribution >= 4 is 5.91 Å². The van der Waals surface area contributed by atoms with Crippen molar-refractivity contribution in [2.75, 3.05) is 13.1 Å². The van der Waals surface area contributed by atoms with Crippen LogP contribution in [0.3, 0.4) is 0 Å². The second-order valence-corrected chi connectivity index (χ2v) is 4.69. The first-order chi connectivity index (χ1) is 10.0. The van der Waals surface area contributed by atoms with Gasteiger partial charge in [-0.1, -0.05) is 6.07 Å². The zero-order valence-corrected chi connectivity index (χ0v) is 10.9. The maximum Gasteiger partial charge on any atom is 0.433 e. The van der Waals surface area contributed by atoms with Crippen molar-refractivity contribution in [3.8, 4) is 5.88 Å². The van der Waals surface area contributed by atoms with Gasteiger partial charge >= 0.3 is 12.4 Å². The third-order valence-corrected chi connectivity index (χ3v) is 2.85. The molecule has 0 N–H and O–H groups in total. The number of rotatable bonds is 3. The Morgan fingerprint density at radius 3 is 2.41 bits per heavy atom. The van der Waals surface area contributed by atoms with Crippen LogP contribution < -0.4 is 4.74 Å². The lowest BCUT2D eigenvalue weighted by molar-refractivity contribution is -0.167. The summed E-state index contributed by atoms with van der Waals surface area (Å²) < 4.78 is 78.6. The molecule has 0 aromatic carbocycles. The van der Waals surface area contributed by atoms with Crippen LogP contribution in [0, 0.1) is 0 Å². The normalized spacial score (nSPS) is 16.4. The van der Waals surface area contributed by atoms with E-state index in [0.29, 0.717) is 0 Å². The number of amides is 1. The first-order valence-corrected chi connectivity index (χ1v) is 6.10. The van der Waals surface area contributed by atoms with Crippen molar-refractivity contribution in [3.05, 3.63) is 23.9 Å². The lowest BCUT2D eigenvalue weighted by Crippen LogP contribution is -2.56. The molecular weight excluding hydrogens is 318 g/mol. The molecule has 1 amide bonds. The van der Waals surface area contributed by atoms with Gasteiger partial charge in [-0.05, 0) is 6.07 Å². The SMILES string of the molecule is O=C(CC(F)(F)F)N1CC(Oc2cccc(C(F)(F)F)n2)C1. The number of nitrogens with zero attached hydrogens (tertiary/aromatic N) is 2. The van der Waals surface area contributed by atoms with Crippen LogP contribution in [0.2, 0.25) is 0 Å². The van der Waals surface area contributed by atoms with Gasteiger partial charge in [0, 0.05) is 6.07 Å². The number of ether oxygens (including phenoxy) is 1. The largest absolute Gasteiger partial charge is 0.471 e. The lowest BCUT2D eigenvalue weighted by atomic mass is 10.1. The molecule has 10 heteroatoms. The molecule has 0 unspecified atom stereocenters. The minimum Gasteiger partial charge on any atom is -0.471 e. The summed E-state index contributed by atoms with van der Waals surface area (Å²) in [7, 11) is 0. The summed E-state index contributed by atoms with van der Waals surface area (Å²) in [4.78, 5) is 15.4. The van der Waals surface area contributed by atoms with Crippen LogP contribution >= 0.6 is 0 Å². The molecule has 0 spiro atoms. The van der Waals surface area contributed by atoms with Gasteiger partial charge in [0.05, 0.1) is 13.1 Å². The quantitative estimate of drug-likeness (QED) is 0.801. The highest BCUT2D eigenvalue weighted by Crippen LogP contribution is 2.29. The summed E-state index contributed by atoms with van der Waals surface area (Å²) in [5.74, 6) is -1.38. The maximum absolute atomic E-state index is 12.4. The van der Waals surface area contributed by atoms with Gasteiger partial charge in [0.15, 0.2) is 0 Å². The maximum atomic E-state index is 12.4. The van der Waals surface area contributed by atoms with E-state index < -0.39 is 36.5 Å². The fourth-order valence-electron chi connectivity index (χ4n) is 1.81. The Morgan fingerprint density at radius 1 is 1.23 bits per heavy atom. The number of carbonyl (C=O) groups is 1. The van der Waals surface area contributed by atoms with Crippen LogP contribution in [0.5, 0.6) is 5.88 Å². The number of hydrogen-bond donors (Lipinski definition) is 0. The molecule has 1 saturated heterocycles. The number of likely N-dealkylation sites (tertiary alicyclic amines) is 1. The Labute approximate surface area is 120 Å². The summed E-state index contributed by atoms with van der Waals surface area (Å²) in [6.07, 6.45) is -11.4. The van der Waals surface area contributed by atoms with Crippen molar-refractivity contribution in [2.45, 2.75) is 24.9 Å². The van der Waals surface area contributed by atoms with Gasteiger partial charge in [-0.15, -0.1) is 0 Å². The number of aromatic nitrogens is 1. The molecule has 22 heavy (non-hydrogen) atoms. The van der Waals surface area contributed by atoms with Crippen LogP contribution in [-0.4, -0.2) is 41.2 Å². The van der Waals surface area contributed by atoms with E-state index in [4.69, 9.17) is 4.74 Å². The number of pyridine rings is 1. The molecular formula is C12H10F6N2O2. The molecule has 1 aliphatic heterocycles. The molecule has 1 aromatic heterocycles. The highest BCUT2D eigenvalue weighted by molar-refractivity contribution is 5.77. The van der Waals surface area contributed by atoms with E-state index in [1.807, 2.05) is 0 Å². The topological polar surface area (TPSA) is 42.4 Å². The van der Waals surface area contributed by atoms with E-state index in [-0.39, 0.29) is 19.0 Å². The van der Waals surface area contributed by atoms with Gasteiger partial charge in [0.2, 0.25) is 11.8 Å². The van der Waals surface area contributed by atoms with E-state index in [9.17, 15) is 31.1 Å². The van der Waals surface area contributed by atoms with Crippen molar-refractivity contribution in [1.29, 1.82) is 0 Å². The van der Waals surface area contributed by atoms with Crippen LogP contribution in [-0.2, 0) is 11.0 Å². The first kappa shape index (κ1) is 16.4.